The zero-order valence-electron chi connectivity index (χ0n) is 19.8. The number of rotatable bonds is 8. The Morgan fingerprint density at radius 2 is 1.76 bits per heavy atom. The summed E-state index contributed by atoms with van der Waals surface area (Å²) < 4.78 is 75.8. The maximum atomic E-state index is 14.9. The van der Waals surface area contributed by atoms with Crippen molar-refractivity contribution in [3.8, 4) is 11.1 Å². The molecule has 2 amide bonds. The van der Waals surface area contributed by atoms with E-state index in [1.54, 1.807) is 0 Å². The van der Waals surface area contributed by atoms with Crippen LogP contribution >= 0.6 is 0 Å². The van der Waals surface area contributed by atoms with Gasteiger partial charge in [0.05, 0.1) is 30.6 Å². The van der Waals surface area contributed by atoms with E-state index in [-0.39, 0.29) is 42.4 Å². The molecular weight excluding hydrogens is 513 g/mol. The molecule has 0 radical (unpaired) electrons. The Morgan fingerprint density at radius 3 is 2.42 bits per heavy atom. The predicted molar refractivity (Wildman–Crippen MR) is 127 cm³/mol. The number of amides is 2. The molecule has 0 saturated carbocycles. The Morgan fingerprint density at radius 1 is 1.03 bits per heavy atom. The van der Waals surface area contributed by atoms with Gasteiger partial charge in [-0.05, 0) is 47.5 Å². The predicted octanol–water partition coefficient (Wildman–Crippen LogP) is 5.06. The van der Waals surface area contributed by atoms with Gasteiger partial charge in [0, 0.05) is 12.5 Å². The number of oxime groups is 1. The molecule has 0 spiro atoms. The average molecular weight is 533 g/mol. The first-order chi connectivity index (χ1) is 18.1. The molecule has 1 aliphatic rings. The molecule has 0 aromatic heterocycles. The summed E-state index contributed by atoms with van der Waals surface area (Å²) in [7, 11) is 0. The van der Waals surface area contributed by atoms with E-state index < -0.39 is 46.8 Å². The molecule has 1 N–H and O–H groups in total. The lowest BCUT2D eigenvalue weighted by Gasteiger charge is -2.15. The van der Waals surface area contributed by atoms with Crippen LogP contribution in [-0.4, -0.2) is 37.4 Å². The maximum absolute atomic E-state index is 14.9. The highest BCUT2D eigenvalue weighted by Gasteiger charge is 2.33. The van der Waals surface area contributed by atoms with Crippen LogP contribution in [0.4, 0.5) is 32.4 Å². The van der Waals surface area contributed by atoms with Crippen LogP contribution in [0.5, 0.6) is 0 Å². The summed E-state index contributed by atoms with van der Waals surface area (Å²) >= 11 is 0. The highest BCUT2D eigenvalue weighted by Crippen LogP contribution is 2.32. The fourth-order valence-corrected chi connectivity index (χ4v) is 3.71. The fraction of sp³-hybridized carbons (Fsp3) is 0.192. The number of benzene rings is 3. The number of carbonyl (C=O) groups is 2. The minimum Gasteiger partial charge on any atom is -0.442 e. The second kappa shape index (κ2) is 11.3. The SMILES string of the molecule is CC(=O)NC[C@H]1CN(c2cc(F)c(-c3ccc(/C=N/OCc4ccc(F)c(F)c4)c(F)c3)c(F)c2)C(=O)O1. The topological polar surface area (TPSA) is 80.2 Å². The molecule has 1 fully saturated rings. The molecule has 1 heterocycles. The van der Waals surface area contributed by atoms with Crippen molar-refractivity contribution in [1.29, 1.82) is 0 Å². The molecule has 0 bridgehead atoms. The smallest absolute Gasteiger partial charge is 0.414 e. The van der Waals surface area contributed by atoms with Gasteiger partial charge in [0.2, 0.25) is 5.91 Å². The van der Waals surface area contributed by atoms with Gasteiger partial charge < -0.3 is 14.9 Å². The van der Waals surface area contributed by atoms with Crippen molar-refractivity contribution in [3.63, 3.8) is 0 Å². The van der Waals surface area contributed by atoms with Crippen molar-refractivity contribution < 1.29 is 41.1 Å². The third kappa shape index (κ3) is 6.07. The summed E-state index contributed by atoms with van der Waals surface area (Å²) in [4.78, 5) is 29.2. The van der Waals surface area contributed by atoms with Crippen molar-refractivity contribution >= 4 is 23.9 Å². The van der Waals surface area contributed by atoms with Crippen LogP contribution in [0.1, 0.15) is 18.1 Å². The molecule has 38 heavy (non-hydrogen) atoms. The standard InChI is InChI=1S/C26H20F5N3O4/c1-14(35)32-11-19-12-34(26(36)38-19)18-8-23(30)25(24(31)9-18)16-3-4-17(21(28)7-16)10-33-37-13-15-2-5-20(27)22(29)6-15/h2-10,19H,11-13H2,1H3,(H,32,35)/b33-10+/t19-/m0/s1. The molecule has 1 saturated heterocycles. The van der Waals surface area contributed by atoms with Gasteiger partial charge in [0.15, 0.2) is 11.6 Å². The minimum atomic E-state index is -1.05. The van der Waals surface area contributed by atoms with Crippen molar-refractivity contribution in [3.05, 3.63) is 88.7 Å². The Labute approximate surface area is 213 Å². The van der Waals surface area contributed by atoms with Gasteiger partial charge in [-0.2, -0.15) is 0 Å². The molecule has 12 heteroatoms. The summed E-state index contributed by atoms with van der Waals surface area (Å²) in [6.45, 7) is 1.12. The molecular formula is C26H20F5N3O4. The highest BCUT2D eigenvalue weighted by atomic mass is 19.2. The number of cyclic esters (lactones) is 1. The lowest BCUT2D eigenvalue weighted by Crippen LogP contribution is -2.33. The monoisotopic (exact) mass is 533 g/mol. The normalized spacial score (nSPS) is 15.2. The molecule has 1 aliphatic heterocycles. The molecule has 4 rings (SSSR count). The molecule has 0 unspecified atom stereocenters. The number of carbonyl (C=O) groups excluding carboxylic acids is 2. The van der Waals surface area contributed by atoms with Crippen molar-refractivity contribution in [2.45, 2.75) is 19.6 Å². The lowest BCUT2D eigenvalue weighted by molar-refractivity contribution is -0.119. The van der Waals surface area contributed by atoms with E-state index in [0.29, 0.717) is 5.56 Å². The van der Waals surface area contributed by atoms with E-state index >= 15 is 0 Å². The summed E-state index contributed by atoms with van der Waals surface area (Å²) in [5, 5.41) is 6.08. The van der Waals surface area contributed by atoms with Gasteiger partial charge in [-0.15, -0.1) is 0 Å². The second-order valence-corrected chi connectivity index (χ2v) is 8.33. The van der Waals surface area contributed by atoms with Gasteiger partial charge in [-0.1, -0.05) is 17.3 Å². The first-order valence-corrected chi connectivity index (χ1v) is 11.2. The van der Waals surface area contributed by atoms with Gasteiger partial charge in [0.25, 0.3) is 0 Å². The van der Waals surface area contributed by atoms with Crippen LogP contribution in [0.3, 0.4) is 0 Å². The molecule has 3 aromatic carbocycles. The minimum absolute atomic E-state index is 0.0296. The van der Waals surface area contributed by atoms with Gasteiger partial charge in [-0.3, -0.25) is 9.69 Å². The number of halogens is 5. The number of ether oxygens (including phenoxy) is 1. The number of nitrogens with one attached hydrogen (secondary N) is 1. The number of hydrogen-bond acceptors (Lipinski definition) is 5. The van der Waals surface area contributed by atoms with Crippen LogP contribution in [0.25, 0.3) is 11.1 Å². The van der Waals surface area contributed by atoms with E-state index in [1.165, 1.54) is 25.1 Å². The summed E-state index contributed by atoms with van der Waals surface area (Å²) in [6.07, 6.45) is -0.500. The molecule has 3 aromatic rings. The van der Waals surface area contributed by atoms with E-state index in [0.717, 1.165) is 41.4 Å². The van der Waals surface area contributed by atoms with Crippen molar-refractivity contribution in [2.24, 2.45) is 5.16 Å². The average Bonchev–Trinajstić information content (AvgIpc) is 3.23. The molecule has 0 aliphatic carbocycles. The second-order valence-electron chi connectivity index (χ2n) is 8.33. The first kappa shape index (κ1) is 26.6. The van der Waals surface area contributed by atoms with Crippen molar-refractivity contribution in [2.75, 3.05) is 18.0 Å². The highest BCUT2D eigenvalue weighted by molar-refractivity contribution is 5.90. The maximum Gasteiger partial charge on any atom is 0.414 e. The Kier molecular flexibility index (Phi) is 7.89. The molecule has 198 valence electrons. The Bertz CT molecular complexity index is 1390. The van der Waals surface area contributed by atoms with Crippen LogP contribution in [0.15, 0.2) is 53.7 Å². The molecule has 1 atom stereocenters. The molecule has 7 nitrogen and oxygen atoms in total. The summed E-state index contributed by atoms with van der Waals surface area (Å²) in [6, 6.07) is 8.44. The quantitative estimate of drug-likeness (QED) is 0.249. The zero-order chi connectivity index (χ0) is 27.4. The van der Waals surface area contributed by atoms with E-state index in [1.807, 2.05) is 0 Å². The van der Waals surface area contributed by atoms with Gasteiger partial charge in [0.1, 0.15) is 30.2 Å². The van der Waals surface area contributed by atoms with Gasteiger partial charge in [-0.25, -0.2) is 26.7 Å². The van der Waals surface area contributed by atoms with E-state index in [2.05, 4.69) is 10.5 Å². The fourth-order valence-electron chi connectivity index (χ4n) is 3.71. The van der Waals surface area contributed by atoms with Crippen molar-refractivity contribution in [1.82, 2.24) is 5.32 Å². The third-order valence-electron chi connectivity index (χ3n) is 5.56. The number of hydrogen-bond donors (Lipinski definition) is 1. The Hall–Kier alpha value is -4.48. The van der Waals surface area contributed by atoms with Crippen LogP contribution in [-0.2, 0) is 21.0 Å². The van der Waals surface area contributed by atoms with Crippen LogP contribution in [0.2, 0.25) is 0 Å². The van der Waals surface area contributed by atoms with E-state index in [9.17, 15) is 31.5 Å². The Balaban J connectivity index is 1.45. The largest absolute Gasteiger partial charge is 0.442 e. The summed E-state index contributed by atoms with van der Waals surface area (Å²) in [5.74, 6) is -5.29. The lowest BCUT2D eigenvalue weighted by atomic mass is 10.0. The van der Waals surface area contributed by atoms with Crippen LogP contribution in [0, 0.1) is 29.1 Å². The van der Waals surface area contributed by atoms with Crippen LogP contribution < -0.4 is 10.2 Å². The number of nitrogens with zero attached hydrogens (tertiary/aromatic N) is 2. The zero-order valence-corrected chi connectivity index (χ0v) is 19.8. The third-order valence-corrected chi connectivity index (χ3v) is 5.56. The van der Waals surface area contributed by atoms with Gasteiger partial charge >= 0.3 is 6.09 Å². The van der Waals surface area contributed by atoms with E-state index in [4.69, 9.17) is 9.57 Å². The first-order valence-electron chi connectivity index (χ1n) is 11.2. The summed E-state index contributed by atoms with van der Waals surface area (Å²) in [5.41, 5.74) is -0.454. The number of anilines is 1.